The molecule has 0 aromatic heterocycles. The topological polar surface area (TPSA) is 74.2 Å². The van der Waals surface area contributed by atoms with Gasteiger partial charge in [0.15, 0.2) is 12.6 Å². The van der Waals surface area contributed by atoms with Gasteiger partial charge in [-0.2, -0.15) is 0 Å². The summed E-state index contributed by atoms with van der Waals surface area (Å²) in [5.41, 5.74) is 0.711. The second-order valence-electron chi connectivity index (χ2n) is 9.81. The number of aliphatic hydroxyl groups is 1. The minimum absolute atomic E-state index is 0.0462. The average molecular weight is 449 g/mol. The van der Waals surface area contributed by atoms with Gasteiger partial charge in [0.25, 0.3) is 0 Å². The van der Waals surface area contributed by atoms with Crippen molar-refractivity contribution in [2.24, 2.45) is 0 Å². The predicted octanol–water partition coefficient (Wildman–Crippen LogP) is 4.74. The molecule has 0 aromatic rings. The Hall–Kier alpha value is -1.05. The van der Waals surface area contributed by atoms with Crippen molar-refractivity contribution in [2.75, 3.05) is 13.2 Å². The van der Waals surface area contributed by atoms with E-state index in [-0.39, 0.29) is 37.0 Å². The molecule has 0 amide bonds. The van der Waals surface area contributed by atoms with E-state index in [1.165, 1.54) is 6.42 Å². The highest BCUT2D eigenvalue weighted by atomic mass is 16.7. The molecule has 1 N–H and O–H groups in total. The fourth-order valence-electron chi connectivity index (χ4n) is 5.39. The second-order valence-corrected chi connectivity index (χ2v) is 9.81. The molecule has 2 heterocycles. The molecule has 180 valence electrons. The summed E-state index contributed by atoms with van der Waals surface area (Å²) >= 11 is 0. The monoisotopic (exact) mass is 448 g/mol. The Balaban J connectivity index is 1.49. The van der Waals surface area contributed by atoms with Crippen LogP contribution in [0.25, 0.3) is 0 Å². The number of carbonyl (C=O) groups excluding carboxylic acids is 1. The third-order valence-corrected chi connectivity index (χ3v) is 7.14. The van der Waals surface area contributed by atoms with E-state index in [9.17, 15) is 9.90 Å². The van der Waals surface area contributed by atoms with Gasteiger partial charge in [0.2, 0.25) is 0 Å². The molecular formula is C26H40O6. The van der Waals surface area contributed by atoms with Crippen LogP contribution in [0, 0.1) is 0 Å². The summed E-state index contributed by atoms with van der Waals surface area (Å²) in [4.78, 5) is 12.2. The van der Waals surface area contributed by atoms with Crippen LogP contribution in [0.2, 0.25) is 0 Å². The van der Waals surface area contributed by atoms with Crippen LogP contribution in [-0.2, 0) is 23.7 Å². The average Bonchev–Trinajstić information content (AvgIpc) is 3.21. The molecular weight excluding hydrogens is 408 g/mol. The molecule has 2 aliphatic heterocycles. The largest absolute Gasteiger partial charge is 0.385 e. The van der Waals surface area contributed by atoms with E-state index in [2.05, 4.69) is 19.1 Å². The fourth-order valence-corrected chi connectivity index (χ4v) is 5.39. The Morgan fingerprint density at radius 3 is 2.56 bits per heavy atom. The van der Waals surface area contributed by atoms with Crippen LogP contribution in [0.4, 0.5) is 0 Å². The molecule has 3 fully saturated rings. The van der Waals surface area contributed by atoms with Crippen LogP contribution in [-0.4, -0.2) is 54.5 Å². The van der Waals surface area contributed by atoms with Gasteiger partial charge in [0, 0.05) is 32.5 Å². The summed E-state index contributed by atoms with van der Waals surface area (Å²) in [5, 5.41) is 11.2. The van der Waals surface area contributed by atoms with Crippen LogP contribution in [0.3, 0.4) is 0 Å². The Morgan fingerprint density at radius 1 is 1.12 bits per heavy atom. The number of hydrogen-bond donors (Lipinski definition) is 1. The zero-order valence-corrected chi connectivity index (χ0v) is 19.6. The fraction of sp³-hybridized carbons (Fsp3) is 0.808. The maximum absolute atomic E-state index is 12.2. The maximum atomic E-state index is 12.2. The summed E-state index contributed by atoms with van der Waals surface area (Å²) in [6, 6.07) is 0. The number of ketones is 1. The zero-order valence-electron chi connectivity index (χ0n) is 19.6. The van der Waals surface area contributed by atoms with Crippen molar-refractivity contribution in [3.8, 4) is 0 Å². The SMILES string of the molecule is CCCCC[C@@H](C=CC1=C2CC(=O)C[C@@]2(O)C[C@H]1OC1CCCCO1)O[C@H]1CCCCO1. The first-order valence-corrected chi connectivity index (χ1v) is 12.8. The predicted molar refractivity (Wildman–Crippen MR) is 121 cm³/mol. The zero-order chi connectivity index (χ0) is 22.4. The van der Waals surface area contributed by atoms with Crippen molar-refractivity contribution < 1.29 is 28.8 Å². The van der Waals surface area contributed by atoms with Crippen molar-refractivity contribution in [1.29, 1.82) is 0 Å². The molecule has 4 rings (SSSR count). The molecule has 2 saturated heterocycles. The number of rotatable bonds is 10. The van der Waals surface area contributed by atoms with Gasteiger partial charge in [-0.15, -0.1) is 0 Å². The number of ether oxygens (including phenoxy) is 4. The Labute approximate surface area is 192 Å². The first-order valence-electron chi connectivity index (χ1n) is 12.8. The van der Waals surface area contributed by atoms with E-state index in [4.69, 9.17) is 18.9 Å². The molecule has 4 aliphatic rings. The minimum atomic E-state index is -1.07. The van der Waals surface area contributed by atoms with E-state index in [0.717, 1.165) is 82.1 Å². The van der Waals surface area contributed by atoms with Gasteiger partial charge in [-0.1, -0.05) is 38.3 Å². The smallest absolute Gasteiger partial charge is 0.158 e. The van der Waals surface area contributed by atoms with Crippen molar-refractivity contribution in [1.82, 2.24) is 0 Å². The lowest BCUT2D eigenvalue weighted by molar-refractivity contribution is -0.183. The van der Waals surface area contributed by atoms with Crippen molar-refractivity contribution in [3.05, 3.63) is 23.3 Å². The van der Waals surface area contributed by atoms with E-state index in [1.807, 2.05) is 0 Å². The molecule has 0 radical (unpaired) electrons. The minimum Gasteiger partial charge on any atom is -0.385 e. The molecule has 1 saturated carbocycles. The number of Topliss-reactive ketones (excluding diaryl/α,β-unsaturated/α-hetero) is 1. The summed E-state index contributed by atoms with van der Waals surface area (Å²) in [6.07, 6.45) is 15.0. The molecule has 6 nitrogen and oxygen atoms in total. The van der Waals surface area contributed by atoms with Crippen LogP contribution < -0.4 is 0 Å². The van der Waals surface area contributed by atoms with Gasteiger partial charge in [0.1, 0.15) is 5.78 Å². The van der Waals surface area contributed by atoms with E-state index in [1.54, 1.807) is 0 Å². The lowest BCUT2D eigenvalue weighted by Gasteiger charge is -2.28. The van der Waals surface area contributed by atoms with Crippen molar-refractivity contribution in [2.45, 2.75) is 121 Å². The quantitative estimate of drug-likeness (QED) is 0.487. The summed E-state index contributed by atoms with van der Waals surface area (Å²) in [7, 11) is 0. The van der Waals surface area contributed by atoms with Gasteiger partial charge < -0.3 is 24.1 Å². The molecule has 2 aliphatic carbocycles. The number of hydrogen-bond acceptors (Lipinski definition) is 6. The van der Waals surface area contributed by atoms with E-state index in [0.29, 0.717) is 12.8 Å². The van der Waals surface area contributed by atoms with Gasteiger partial charge in [-0.05, 0) is 56.1 Å². The highest BCUT2D eigenvalue weighted by Gasteiger charge is 2.50. The van der Waals surface area contributed by atoms with E-state index >= 15 is 0 Å². The Kier molecular flexibility index (Phi) is 8.57. The molecule has 32 heavy (non-hydrogen) atoms. The highest BCUT2D eigenvalue weighted by Crippen LogP contribution is 2.47. The molecule has 6 heteroatoms. The Morgan fingerprint density at radius 2 is 1.88 bits per heavy atom. The third kappa shape index (κ3) is 6.09. The van der Waals surface area contributed by atoms with Crippen LogP contribution in [0.1, 0.15) is 90.4 Å². The number of carbonyl (C=O) groups is 1. The van der Waals surface area contributed by atoms with Gasteiger partial charge in [0.05, 0.1) is 17.8 Å². The van der Waals surface area contributed by atoms with Crippen LogP contribution in [0.5, 0.6) is 0 Å². The van der Waals surface area contributed by atoms with Crippen LogP contribution in [0.15, 0.2) is 23.3 Å². The normalized spacial score (nSPS) is 34.4. The third-order valence-electron chi connectivity index (χ3n) is 7.14. The first-order chi connectivity index (χ1) is 15.6. The molecule has 5 atom stereocenters. The standard InChI is InChI=1S/C26H40O6/c1-2-3-4-9-20(31-24-10-5-7-14-29-24)12-13-21-22-16-19(27)17-26(22,28)18-23(21)32-25-11-6-8-15-30-25/h12-13,20,23-25,28H,2-11,14-18H2,1H3/t20-,23+,24-,25?,26+/m0/s1. The molecule has 0 bridgehead atoms. The number of fused-ring (bicyclic) bond motifs is 1. The second kappa shape index (κ2) is 11.4. The van der Waals surface area contributed by atoms with Crippen LogP contribution >= 0.6 is 0 Å². The maximum Gasteiger partial charge on any atom is 0.158 e. The van der Waals surface area contributed by atoms with Crippen molar-refractivity contribution >= 4 is 5.78 Å². The molecule has 0 spiro atoms. The molecule has 0 aromatic carbocycles. The van der Waals surface area contributed by atoms with Crippen molar-refractivity contribution in [3.63, 3.8) is 0 Å². The molecule has 1 unspecified atom stereocenters. The Bertz CT molecular complexity index is 688. The van der Waals surface area contributed by atoms with E-state index < -0.39 is 5.60 Å². The lowest BCUT2D eigenvalue weighted by atomic mass is 9.98. The highest BCUT2D eigenvalue weighted by molar-refractivity contribution is 5.88. The first kappa shape index (κ1) is 24.1. The summed E-state index contributed by atoms with van der Waals surface area (Å²) in [5.74, 6) is 0.104. The summed E-state index contributed by atoms with van der Waals surface area (Å²) < 4.78 is 24.2. The van der Waals surface area contributed by atoms with Gasteiger partial charge in [-0.3, -0.25) is 4.79 Å². The lowest BCUT2D eigenvalue weighted by Crippen LogP contribution is -2.31. The number of unbranched alkanes of at least 4 members (excludes halogenated alkanes) is 2. The summed E-state index contributed by atoms with van der Waals surface area (Å²) in [6.45, 7) is 3.68. The van der Waals surface area contributed by atoms with Gasteiger partial charge in [-0.25, -0.2) is 0 Å². The van der Waals surface area contributed by atoms with Gasteiger partial charge >= 0.3 is 0 Å².